The Morgan fingerprint density at radius 1 is 1.18 bits per heavy atom. The van der Waals surface area contributed by atoms with Crippen molar-refractivity contribution >= 4 is 22.7 Å². The number of aromatic hydroxyl groups is 1. The van der Waals surface area contributed by atoms with E-state index in [0.29, 0.717) is 6.42 Å². The maximum atomic E-state index is 12.6. The largest absolute Gasteiger partial charge is 0.508 e. The summed E-state index contributed by atoms with van der Waals surface area (Å²) < 4.78 is 0. The molecule has 0 saturated carbocycles. The molecule has 1 aliphatic carbocycles. The fourth-order valence-electron chi connectivity index (χ4n) is 3.45. The van der Waals surface area contributed by atoms with Crippen molar-refractivity contribution in [1.82, 2.24) is 0 Å². The predicted molar refractivity (Wildman–Crippen MR) is 119 cm³/mol. The van der Waals surface area contributed by atoms with Crippen molar-refractivity contribution in [2.45, 2.75) is 52.9 Å². The van der Waals surface area contributed by atoms with Gasteiger partial charge in [0, 0.05) is 17.2 Å². The molecule has 1 aromatic carbocycles. The number of benzene rings is 1. The number of fused-ring (bicyclic) bond motifs is 1. The summed E-state index contributed by atoms with van der Waals surface area (Å²) in [6, 6.07) is 9.60. The van der Waals surface area contributed by atoms with Crippen molar-refractivity contribution in [3.8, 4) is 5.75 Å². The Kier molecular flexibility index (Phi) is 6.35. The molecule has 0 amide bonds. The number of carbonyl (C=O) groups excluding carboxylic acids is 1. The van der Waals surface area contributed by atoms with Crippen LogP contribution < -0.4 is 0 Å². The number of ketones is 1. The Morgan fingerprint density at radius 3 is 2.54 bits per heavy atom. The highest BCUT2D eigenvalue weighted by Gasteiger charge is 2.29. The summed E-state index contributed by atoms with van der Waals surface area (Å²) in [5.41, 5.74) is 6.02. The molecule has 2 aromatic rings. The highest BCUT2D eigenvalue weighted by molar-refractivity contribution is 7.15. The van der Waals surface area contributed by atoms with E-state index >= 15 is 0 Å². The first kappa shape index (κ1) is 20.3. The lowest BCUT2D eigenvalue weighted by atomic mass is 9.82. The molecule has 0 saturated heterocycles. The van der Waals surface area contributed by atoms with E-state index in [0.717, 1.165) is 39.3 Å². The van der Waals surface area contributed by atoms with Crippen molar-refractivity contribution in [2.75, 3.05) is 0 Å². The molecule has 0 spiro atoms. The summed E-state index contributed by atoms with van der Waals surface area (Å²) >= 11 is 1.62. The Balaban J connectivity index is 2.08. The summed E-state index contributed by atoms with van der Waals surface area (Å²) in [6.45, 7) is 8.49. The van der Waals surface area contributed by atoms with E-state index in [1.54, 1.807) is 23.5 Å². The average Bonchev–Trinajstić information content (AvgIpc) is 3.12. The van der Waals surface area contributed by atoms with Gasteiger partial charge in [0.05, 0.1) is 4.88 Å². The smallest absolute Gasteiger partial charge is 0.173 e. The van der Waals surface area contributed by atoms with Crippen LogP contribution in [0.1, 0.15) is 78.6 Å². The van der Waals surface area contributed by atoms with Gasteiger partial charge in [-0.05, 0) is 68.5 Å². The fourth-order valence-corrected chi connectivity index (χ4v) is 4.63. The number of hydrogen-bond acceptors (Lipinski definition) is 3. The van der Waals surface area contributed by atoms with Gasteiger partial charge >= 0.3 is 0 Å². The predicted octanol–water partition coefficient (Wildman–Crippen LogP) is 7.27. The zero-order chi connectivity index (χ0) is 20.3. The van der Waals surface area contributed by atoms with E-state index in [1.807, 2.05) is 12.1 Å². The molecule has 0 radical (unpaired) electrons. The molecule has 1 atom stereocenters. The fraction of sp³-hybridized carbons (Fsp3) is 0.320. The van der Waals surface area contributed by atoms with Gasteiger partial charge in [-0.15, -0.1) is 11.3 Å². The molecule has 2 nitrogen and oxygen atoms in total. The van der Waals surface area contributed by atoms with Crippen molar-refractivity contribution in [2.24, 2.45) is 0 Å². The zero-order valence-corrected chi connectivity index (χ0v) is 17.9. The number of hydrogen-bond donors (Lipinski definition) is 1. The quantitative estimate of drug-likeness (QED) is 0.543. The number of allylic oxidation sites excluding steroid dienone is 6. The summed E-state index contributed by atoms with van der Waals surface area (Å²) in [6.07, 6.45) is 8.93. The van der Waals surface area contributed by atoms with Gasteiger partial charge < -0.3 is 5.11 Å². The van der Waals surface area contributed by atoms with Crippen LogP contribution in [0.5, 0.6) is 5.75 Å². The third-order valence-electron chi connectivity index (χ3n) is 5.19. The minimum Gasteiger partial charge on any atom is -0.508 e. The monoisotopic (exact) mass is 392 g/mol. The highest BCUT2D eigenvalue weighted by atomic mass is 32.1. The van der Waals surface area contributed by atoms with Crippen LogP contribution in [0.15, 0.2) is 59.7 Å². The minimum atomic E-state index is 0.208. The van der Waals surface area contributed by atoms with Crippen LogP contribution in [0, 0.1) is 0 Å². The first-order valence-electron chi connectivity index (χ1n) is 9.87. The second-order valence-corrected chi connectivity index (χ2v) is 8.76. The molecule has 1 N–H and O–H groups in total. The van der Waals surface area contributed by atoms with Gasteiger partial charge in [-0.2, -0.15) is 0 Å². The van der Waals surface area contributed by atoms with E-state index in [2.05, 4.69) is 52.0 Å². The second kappa shape index (κ2) is 8.74. The molecule has 1 aliphatic rings. The zero-order valence-electron chi connectivity index (χ0n) is 17.1. The van der Waals surface area contributed by atoms with Crippen molar-refractivity contribution in [3.05, 3.63) is 80.6 Å². The summed E-state index contributed by atoms with van der Waals surface area (Å²) in [5.74, 6) is 0.729. The molecule has 1 heterocycles. The standard InChI is InChI=1S/C25H28O2S/c1-5-17(4)14-19(7-6-16(2)3)24-15-22-21(12-13-23(27)25(22)28-24)18-8-10-20(26)11-9-18/h6-11,14-15,21,26H,5,12-13H2,1-4H3/b17-14+,19-7+. The van der Waals surface area contributed by atoms with Gasteiger partial charge in [0.1, 0.15) is 5.75 Å². The molecule has 3 rings (SSSR count). The second-order valence-electron chi connectivity index (χ2n) is 7.71. The molecule has 146 valence electrons. The van der Waals surface area contributed by atoms with Gasteiger partial charge in [0.15, 0.2) is 5.78 Å². The highest BCUT2D eigenvalue weighted by Crippen LogP contribution is 2.43. The van der Waals surface area contributed by atoms with Gasteiger partial charge in [-0.3, -0.25) is 4.79 Å². The van der Waals surface area contributed by atoms with Crippen LogP contribution in [-0.4, -0.2) is 10.9 Å². The number of phenolic OH excluding ortho intramolecular Hbond substituents is 1. The number of Topliss-reactive ketones (excluding diaryl/α,β-unsaturated/α-hetero) is 1. The third-order valence-corrected chi connectivity index (χ3v) is 6.43. The van der Waals surface area contributed by atoms with Crippen LogP contribution in [-0.2, 0) is 0 Å². The topological polar surface area (TPSA) is 37.3 Å². The normalized spacial score (nSPS) is 17.4. The van der Waals surface area contributed by atoms with Gasteiger partial charge in [-0.1, -0.05) is 48.4 Å². The van der Waals surface area contributed by atoms with Crippen molar-refractivity contribution in [1.29, 1.82) is 0 Å². The maximum absolute atomic E-state index is 12.6. The molecule has 0 bridgehead atoms. The van der Waals surface area contributed by atoms with E-state index in [-0.39, 0.29) is 17.5 Å². The number of thiophene rings is 1. The Morgan fingerprint density at radius 2 is 1.89 bits per heavy atom. The van der Waals surface area contributed by atoms with E-state index in [9.17, 15) is 9.90 Å². The van der Waals surface area contributed by atoms with Crippen LogP contribution >= 0.6 is 11.3 Å². The van der Waals surface area contributed by atoms with Crippen LogP contribution in [0.25, 0.3) is 5.57 Å². The summed E-state index contributed by atoms with van der Waals surface area (Å²) in [5, 5.41) is 9.61. The Hall–Kier alpha value is -2.39. The molecule has 0 fully saturated rings. The molecule has 1 aromatic heterocycles. The van der Waals surface area contributed by atoms with E-state index in [1.165, 1.54) is 11.1 Å². The first-order valence-corrected chi connectivity index (χ1v) is 10.7. The lowest BCUT2D eigenvalue weighted by molar-refractivity contribution is 0.0974. The molecule has 0 aliphatic heterocycles. The van der Waals surface area contributed by atoms with E-state index < -0.39 is 0 Å². The van der Waals surface area contributed by atoms with Crippen LogP contribution in [0.2, 0.25) is 0 Å². The Labute approximate surface area is 171 Å². The minimum absolute atomic E-state index is 0.208. The SMILES string of the molecule is CC/C(C)=C/C(=C\C=C(C)C)c1cc2c(s1)C(=O)CCC2c1ccc(O)cc1. The van der Waals surface area contributed by atoms with Crippen LogP contribution in [0.4, 0.5) is 0 Å². The van der Waals surface area contributed by atoms with E-state index in [4.69, 9.17) is 0 Å². The van der Waals surface area contributed by atoms with Crippen molar-refractivity contribution < 1.29 is 9.90 Å². The molecular weight excluding hydrogens is 364 g/mol. The Bertz CT molecular complexity index is 951. The van der Waals surface area contributed by atoms with Gasteiger partial charge in [-0.25, -0.2) is 0 Å². The molecular formula is C25H28O2S. The van der Waals surface area contributed by atoms with Crippen molar-refractivity contribution in [3.63, 3.8) is 0 Å². The maximum Gasteiger partial charge on any atom is 0.173 e. The molecule has 1 unspecified atom stereocenters. The summed E-state index contributed by atoms with van der Waals surface area (Å²) in [7, 11) is 0. The van der Waals surface area contributed by atoms with Gasteiger partial charge in [0.2, 0.25) is 0 Å². The first-order chi connectivity index (χ1) is 13.4. The molecule has 28 heavy (non-hydrogen) atoms. The number of phenols is 1. The lowest BCUT2D eigenvalue weighted by Crippen LogP contribution is -2.13. The summed E-state index contributed by atoms with van der Waals surface area (Å²) in [4.78, 5) is 14.7. The van der Waals surface area contributed by atoms with Gasteiger partial charge in [0.25, 0.3) is 0 Å². The van der Waals surface area contributed by atoms with Crippen LogP contribution in [0.3, 0.4) is 0 Å². The lowest BCUT2D eigenvalue weighted by Gasteiger charge is -2.22. The third kappa shape index (κ3) is 4.53. The number of carbonyl (C=O) groups is 1. The number of rotatable bonds is 5. The molecule has 3 heteroatoms. The average molecular weight is 393 g/mol.